The maximum Gasteiger partial charge on any atom is 0.527 e. The number of rotatable bonds is 3. The van der Waals surface area contributed by atoms with Crippen LogP contribution in [0.5, 0.6) is 0 Å². The fourth-order valence-electron chi connectivity index (χ4n) is 2.85. The van der Waals surface area contributed by atoms with Crippen LogP contribution in [0.1, 0.15) is 18.4 Å². The molecule has 1 saturated heterocycles. The topological polar surface area (TPSA) is 78.9 Å². The van der Waals surface area contributed by atoms with Crippen molar-refractivity contribution >= 4 is 18.2 Å². The standard InChI is InChI=1S/C16H20NO6/c1-21-14(18)13-9-6-10-17(13,15(19)22-2)16(20)23-11-12-7-4-3-5-8-12/h3-5,7-8,13H,6,9-11H2,1-2H3/q+1/t13-,17?/m0/s1. The first kappa shape index (κ1) is 17.0. The highest BCUT2D eigenvalue weighted by Gasteiger charge is 2.61. The number of carbonyl (C=O) groups is 3. The summed E-state index contributed by atoms with van der Waals surface area (Å²) in [6.07, 6.45) is -0.720. The van der Waals surface area contributed by atoms with Crippen LogP contribution >= 0.6 is 0 Å². The first-order chi connectivity index (χ1) is 11.1. The number of carbonyl (C=O) groups excluding carboxylic acids is 3. The number of hydrogen-bond acceptors (Lipinski definition) is 6. The summed E-state index contributed by atoms with van der Waals surface area (Å²) in [7, 11) is 2.40. The van der Waals surface area contributed by atoms with Crippen LogP contribution < -0.4 is 0 Å². The van der Waals surface area contributed by atoms with Crippen molar-refractivity contribution in [1.29, 1.82) is 0 Å². The predicted molar refractivity (Wildman–Crippen MR) is 79.2 cm³/mol. The van der Waals surface area contributed by atoms with Gasteiger partial charge in [-0.15, -0.1) is 4.48 Å². The molecule has 0 spiro atoms. The summed E-state index contributed by atoms with van der Waals surface area (Å²) in [6, 6.07) is 8.16. The second-order valence-electron chi connectivity index (χ2n) is 5.28. The molecule has 2 atom stereocenters. The molecule has 7 nitrogen and oxygen atoms in total. The van der Waals surface area contributed by atoms with Crippen molar-refractivity contribution in [1.82, 2.24) is 0 Å². The highest BCUT2D eigenvalue weighted by molar-refractivity contribution is 5.84. The highest BCUT2D eigenvalue weighted by Crippen LogP contribution is 2.31. The largest absolute Gasteiger partial charge is 0.527 e. The SMILES string of the molecule is COC(=O)[C@@H]1CCC[N+]1(C(=O)OC)C(=O)OCc1ccccc1. The number of imide groups is 1. The lowest BCUT2D eigenvalue weighted by Gasteiger charge is -2.29. The second kappa shape index (κ2) is 7.23. The lowest BCUT2D eigenvalue weighted by molar-refractivity contribution is -0.789. The molecule has 1 aliphatic heterocycles. The Morgan fingerprint density at radius 3 is 2.39 bits per heavy atom. The van der Waals surface area contributed by atoms with Gasteiger partial charge in [-0.1, -0.05) is 30.3 Å². The smallest absolute Gasteiger partial charge is 0.465 e. The van der Waals surface area contributed by atoms with E-state index in [2.05, 4.69) is 0 Å². The van der Waals surface area contributed by atoms with Crippen LogP contribution in [-0.4, -0.2) is 49.4 Å². The normalized spacial score (nSPS) is 23.1. The Kier molecular flexibility index (Phi) is 5.33. The molecule has 0 aromatic heterocycles. The van der Waals surface area contributed by atoms with Crippen LogP contribution in [0.3, 0.4) is 0 Å². The van der Waals surface area contributed by atoms with E-state index in [1.54, 1.807) is 12.1 Å². The van der Waals surface area contributed by atoms with Gasteiger partial charge in [-0.05, 0) is 5.56 Å². The Morgan fingerprint density at radius 1 is 1.09 bits per heavy atom. The van der Waals surface area contributed by atoms with E-state index in [1.165, 1.54) is 14.2 Å². The van der Waals surface area contributed by atoms with Gasteiger partial charge in [0, 0.05) is 12.8 Å². The molecule has 0 radical (unpaired) electrons. The molecule has 0 saturated carbocycles. The average Bonchev–Trinajstić information content (AvgIpc) is 3.05. The molecule has 1 unspecified atom stereocenters. The maximum atomic E-state index is 12.6. The van der Waals surface area contributed by atoms with Crippen molar-refractivity contribution in [2.75, 3.05) is 20.8 Å². The molecular formula is C16H20NO6+. The molecule has 1 aromatic rings. The third-order valence-corrected chi connectivity index (χ3v) is 4.03. The summed E-state index contributed by atoms with van der Waals surface area (Å²) in [4.78, 5) is 36.8. The quantitative estimate of drug-likeness (QED) is 0.482. The third-order valence-electron chi connectivity index (χ3n) is 4.03. The highest BCUT2D eigenvalue weighted by atomic mass is 16.6. The van der Waals surface area contributed by atoms with E-state index >= 15 is 0 Å². The summed E-state index contributed by atoms with van der Waals surface area (Å²) in [6.45, 7) is 0.171. The van der Waals surface area contributed by atoms with Gasteiger partial charge in [0.1, 0.15) is 13.2 Å². The molecule has 0 bridgehead atoms. The molecule has 7 heteroatoms. The number of ether oxygens (including phenoxy) is 3. The van der Waals surface area contributed by atoms with E-state index in [-0.39, 0.29) is 13.2 Å². The van der Waals surface area contributed by atoms with Crippen LogP contribution in [0.25, 0.3) is 0 Å². The van der Waals surface area contributed by atoms with Crippen molar-refractivity contribution in [2.45, 2.75) is 25.5 Å². The second-order valence-corrected chi connectivity index (χ2v) is 5.28. The number of hydrogen-bond donors (Lipinski definition) is 0. The summed E-state index contributed by atoms with van der Waals surface area (Å²) in [5.74, 6) is -0.621. The van der Waals surface area contributed by atoms with Crippen molar-refractivity contribution in [3.8, 4) is 0 Å². The number of esters is 1. The Morgan fingerprint density at radius 2 is 1.78 bits per heavy atom. The van der Waals surface area contributed by atoms with Gasteiger partial charge < -0.3 is 14.2 Å². The van der Waals surface area contributed by atoms with E-state index in [0.29, 0.717) is 12.8 Å². The van der Waals surface area contributed by atoms with Gasteiger partial charge in [-0.3, -0.25) is 0 Å². The Hall–Kier alpha value is -2.41. The molecule has 124 valence electrons. The minimum absolute atomic E-state index is 0.0184. The Bertz CT molecular complexity index is 587. The number of methoxy groups -OCH3 is 2. The predicted octanol–water partition coefficient (Wildman–Crippen LogP) is 2.24. The summed E-state index contributed by atoms with van der Waals surface area (Å²) < 4.78 is 14.0. The molecule has 1 heterocycles. The molecule has 1 aliphatic rings. The van der Waals surface area contributed by atoms with Crippen LogP contribution in [0.2, 0.25) is 0 Å². The Labute approximate surface area is 134 Å². The Balaban J connectivity index is 2.22. The first-order valence-corrected chi connectivity index (χ1v) is 7.31. The molecular weight excluding hydrogens is 302 g/mol. The van der Waals surface area contributed by atoms with Gasteiger partial charge in [0.25, 0.3) is 0 Å². The first-order valence-electron chi connectivity index (χ1n) is 7.31. The van der Waals surface area contributed by atoms with Gasteiger partial charge in [0.05, 0.1) is 14.2 Å². The number of benzene rings is 1. The zero-order chi connectivity index (χ0) is 16.9. The number of quaternary nitrogens is 1. The van der Waals surface area contributed by atoms with E-state index < -0.39 is 28.7 Å². The maximum absolute atomic E-state index is 12.6. The zero-order valence-electron chi connectivity index (χ0n) is 13.2. The average molecular weight is 322 g/mol. The molecule has 1 aromatic carbocycles. The zero-order valence-corrected chi connectivity index (χ0v) is 13.2. The number of likely N-dealkylation sites (tertiary alicyclic amines) is 1. The summed E-state index contributed by atoms with van der Waals surface area (Å²) in [5, 5.41) is 0. The molecule has 2 rings (SSSR count). The van der Waals surface area contributed by atoms with Gasteiger partial charge >= 0.3 is 18.2 Å². The monoisotopic (exact) mass is 322 g/mol. The van der Waals surface area contributed by atoms with Crippen LogP contribution in [0.15, 0.2) is 30.3 Å². The number of nitrogens with zero attached hydrogens (tertiary/aromatic N) is 1. The van der Waals surface area contributed by atoms with Gasteiger partial charge in [0.2, 0.25) is 6.04 Å². The van der Waals surface area contributed by atoms with Crippen LogP contribution in [0.4, 0.5) is 9.59 Å². The van der Waals surface area contributed by atoms with E-state index in [9.17, 15) is 14.4 Å². The fourth-order valence-corrected chi connectivity index (χ4v) is 2.85. The summed E-state index contributed by atoms with van der Waals surface area (Å²) >= 11 is 0. The van der Waals surface area contributed by atoms with Crippen molar-refractivity contribution in [3.63, 3.8) is 0 Å². The van der Waals surface area contributed by atoms with E-state index in [4.69, 9.17) is 14.2 Å². The summed E-state index contributed by atoms with van der Waals surface area (Å²) in [5.41, 5.74) is 0.790. The lowest BCUT2D eigenvalue weighted by atomic mass is 10.2. The minimum atomic E-state index is -0.935. The van der Waals surface area contributed by atoms with Gasteiger partial charge in [-0.25, -0.2) is 4.79 Å². The van der Waals surface area contributed by atoms with Crippen LogP contribution in [0, 0.1) is 0 Å². The minimum Gasteiger partial charge on any atom is -0.465 e. The molecule has 2 amide bonds. The molecule has 1 fully saturated rings. The van der Waals surface area contributed by atoms with Gasteiger partial charge in [-0.2, -0.15) is 9.59 Å². The van der Waals surface area contributed by atoms with Crippen molar-refractivity contribution in [3.05, 3.63) is 35.9 Å². The van der Waals surface area contributed by atoms with E-state index in [0.717, 1.165) is 5.56 Å². The van der Waals surface area contributed by atoms with E-state index in [1.807, 2.05) is 18.2 Å². The van der Waals surface area contributed by atoms with Crippen LogP contribution in [-0.2, 0) is 25.6 Å². The fraction of sp³-hybridized carbons (Fsp3) is 0.438. The number of amides is 2. The van der Waals surface area contributed by atoms with Gasteiger partial charge in [0.15, 0.2) is 0 Å². The third kappa shape index (κ3) is 3.19. The van der Waals surface area contributed by atoms with Crippen molar-refractivity contribution < 1.29 is 33.1 Å². The molecule has 0 aliphatic carbocycles. The molecule has 0 N–H and O–H groups in total. The van der Waals surface area contributed by atoms with Crippen molar-refractivity contribution in [2.24, 2.45) is 0 Å². The lowest BCUT2D eigenvalue weighted by Crippen LogP contribution is -2.62. The molecule has 23 heavy (non-hydrogen) atoms.